The molecule has 2 aromatic carbocycles. The first-order valence-corrected chi connectivity index (χ1v) is 10.2. The number of hydrogen-bond acceptors (Lipinski definition) is 4. The molecule has 6 nitrogen and oxygen atoms in total. The van der Waals surface area contributed by atoms with Crippen molar-refractivity contribution in [3.8, 4) is 5.69 Å². The van der Waals surface area contributed by atoms with Gasteiger partial charge in [0, 0.05) is 12.1 Å². The van der Waals surface area contributed by atoms with E-state index >= 15 is 0 Å². The normalized spacial score (nSPS) is 14.0. The van der Waals surface area contributed by atoms with Crippen LogP contribution < -0.4 is 4.72 Å². The van der Waals surface area contributed by atoms with Crippen molar-refractivity contribution in [3.05, 3.63) is 71.5 Å². The van der Waals surface area contributed by atoms with Crippen molar-refractivity contribution in [2.24, 2.45) is 0 Å². The Bertz CT molecular complexity index is 1100. The van der Waals surface area contributed by atoms with Gasteiger partial charge in [0.1, 0.15) is 0 Å². The van der Waals surface area contributed by atoms with Gasteiger partial charge in [-0.05, 0) is 56.2 Å². The zero-order chi connectivity index (χ0) is 19.0. The van der Waals surface area contributed by atoms with E-state index in [0.717, 1.165) is 29.8 Å². The summed E-state index contributed by atoms with van der Waals surface area (Å²) in [5.74, 6) is 0.115. The lowest BCUT2D eigenvalue weighted by atomic mass is 9.97. The number of anilines is 1. The first kappa shape index (κ1) is 17.5. The lowest BCUT2D eigenvalue weighted by Crippen LogP contribution is -2.14. The maximum absolute atomic E-state index is 12.6. The molecule has 0 fully saturated rings. The molecule has 3 aromatic rings. The zero-order valence-corrected chi connectivity index (χ0v) is 15.7. The second kappa shape index (κ2) is 6.66. The molecule has 138 valence electrons. The van der Waals surface area contributed by atoms with Crippen molar-refractivity contribution in [2.75, 3.05) is 4.72 Å². The van der Waals surface area contributed by atoms with E-state index in [1.54, 1.807) is 47.3 Å². The summed E-state index contributed by atoms with van der Waals surface area (Å²) < 4.78 is 29.5. The maximum atomic E-state index is 12.6. The van der Waals surface area contributed by atoms with Crippen molar-refractivity contribution in [1.82, 2.24) is 9.78 Å². The molecule has 4 rings (SSSR count). The van der Waals surface area contributed by atoms with E-state index in [2.05, 4.69) is 9.82 Å². The minimum atomic E-state index is -3.67. The Morgan fingerprint density at radius 2 is 1.70 bits per heavy atom. The van der Waals surface area contributed by atoms with Gasteiger partial charge in [0.2, 0.25) is 0 Å². The Kier molecular flexibility index (Phi) is 4.31. The van der Waals surface area contributed by atoms with Crippen LogP contribution in [0.5, 0.6) is 0 Å². The first-order valence-electron chi connectivity index (χ1n) is 8.74. The molecule has 7 heteroatoms. The van der Waals surface area contributed by atoms with E-state index in [1.165, 1.54) is 0 Å². The predicted octanol–water partition coefficient (Wildman–Crippen LogP) is 3.50. The van der Waals surface area contributed by atoms with E-state index in [-0.39, 0.29) is 10.7 Å². The molecule has 0 radical (unpaired) electrons. The summed E-state index contributed by atoms with van der Waals surface area (Å²) in [5.41, 5.74) is 3.87. The number of sulfonamides is 1. The van der Waals surface area contributed by atoms with Crippen LogP contribution in [0.2, 0.25) is 0 Å². The highest BCUT2D eigenvalue weighted by Gasteiger charge is 2.22. The van der Waals surface area contributed by atoms with Crippen LogP contribution in [0.3, 0.4) is 0 Å². The Hall–Kier alpha value is -2.93. The number of carbonyl (C=O) groups excluding carboxylic acids is 1. The number of rotatable bonds is 4. The monoisotopic (exact) mass is 381 g/mol. The molecule has 1 heterocycles. The topological polar surface area (TPSA) is 81.1 Å². The third kappa shape index (κ3) is 3.38. The van der Waals surface area contributed by atoms with Crippen LogP contribution in [0.15, 0.2) is 59.6 Å². The van der Waals surface area contributed by atoms with Crippen molar-refractivity contribution in [2.45, 2.75) is 31.1 Å². The highest BCUT2D eigenvalue weighted by Crippen LogP contribution is 2.24. The van der Waals surface area contributed by atoms with Crippen LogP contribution in [0.4, 0.5) is 5.69 Å². The third-order valence-electron chi connectivity index (χ3n) is 4.68. The third-order valence-corrected chi connectivity index (χ3v) is 6.08. The standard InChI is InChI=1S/C20H19N3O3S/c1-14-5-7-15(8-6-14)22-27(25,26)17-11-9-16(10-12-17)23-19-3-2-4-20(24)18(19)13-21-23/h5-13,22H,2-4H2,1H3. The fourth-order valence-electron chi connectivity index (χ4n) is 3.22. The minimum Gasteiger partial charge on any atom is -0.294 e. The summed E-state index contributed by atoms with van der Waals surface area (Å²) in [7, 11) is -3.67. The SMILES string of the molecule is Cc1ccc(NS(=O)(=O)c2ccc(-n3ncc4c3CCCC4=O)cc2)cc1. The average Bonchev–Trinajstić information content (AvgIpc) is 3.09. The first-order chi connectivity index (χ1) is 12.9. The molecule has 0 amide bonds. The lowest BCUT2D eigenvalue weighted by molar-refractivity contribution is 0.0972. The van der Waals surface area contributed by atoms with E-state index in [9.17, 15) is 13.2 Å². The molecular weight excluding hydrogens is 362 g/mol. The Morgan fingerprint density at radius 1 is 1.00 bits per heavy atom. The summed E-state index contributed by atoms with van der Waals surface area (Å²) in [6.45, 7) is 1.94. The molecule has 0 saturated carbocycles. The summed E-state index contributed by atoms with van der Waals surface area (Å²) in [6, 6.07) is 13.7. The van der Waals surface area contributed by atoms with E-state index in [1.807, 2.05) is 19.1 Å². The maximum Gasteiger partial charge on any atom is 0.261 e. The molecule has 1 aliphatic rings. The predicted molar refractivity (Wildman–Crippen MR) is 103 cm³/mol. The van der Waals surface area contributed by atoms with E-state index in [0.29, 0.717) is 17.7 Å². The van der Waals surface area contributed by atoms with Gasteiger partial charge in [0.25, 0.3) is 10.0 Å². The average molecular weight is 381 g/mol. The molecule has 0 unspecified atom stereocenters. The number of fused-ring (bicyclic) bond motifs is 1. The zero-order valence-electron chi connectivity index (χ0n) is 14.8. The fraction of sp³-hybridized carbons (Fsp3) is 0.200. The van der Waals surface area contributed by atoms with Crippen LogP contribution in [0, 0.1) is 6.92 Å². The van der Waals surface area contributed by atoms with Crippen LogP contribution in [-0.2, 0) is 16.4 Å². The van der Waals surface area contributed by atoms with Crippen LogP contribution in [0.1, 0.15) is 34.5 Å². The van der Waals surface area contributed by atoms with E-state index in [4.69, 9.17) is 0 Å². The molecule has 0 bridgehead atoms. The number of aromatic nitrogens is 2. The highest BCUT2D eigenvalue weighted by molar-refractivity contribution is 7.92. The number of nitrogens with one attached hydrogen (secondary N) is 1. The molecule has 0 atom stereocenters. The number of benzene rings is 2. The summed E-state index contributed by atoms with van der Waals surface area (Å²) in [6.07, 6.45) is 3.75. The van der Waals surface area contributed by atoms with Gasteiger partial charge in [-0.2, -0.15) is 5.10 Å². The Balaban J connectivity index is 1.61. The van der Waals surface area contributed by atoms with Gasteiger partial charge in [-0.15, -0.1) is 0 Å². The summed E-state index contributed by atoms with van der Waals surface area (Å²) in [5, 5.41) is 4.32. The van der Waals surface area contributed by atoms with Crippen molar-refractivity contribution < 1.29 is 13.2 Å². The second-order valence-electron chi connectivity index (χ2n) is 6.66. The lowest BCUT2D eigenvalue weighted by Gasteiger charge is -2.14. The van der Waals surface area contributed by atoms with Crippen LogP contribution in [0.25, 0.3) is 5.69 Å². The smallest absolute Gasteiger partial charge is 0.261 e. The summed E-state index contributed by atoms with van der Waals surface area (Å²) >= 11 is 0. The molecule has 1 N–H and O–H groups in total. The molecule has 27 heavy (non-hydrogen) atoms. The molecular formula is C20H19N3O3S. The number of nitrogens with zero attached hydrogens (tertiary/aromatic N) is 2. The number of carbonyl (C=O) groups is 1. The van der Waals surface area contributed by atoms with Gasteiger partial charge in [-0.25, -0.2) is 13.1 Å². The van der Waals surface area contributed by atoms with Gasteiger partial charge in [-0.3, -0.25) is 9.52 Å². The second-order valence-corrected chi connectivity index (χ2v) is 8.34. The number of Topliss-reactive ketones (excluding diaryl/α,β-unsaturated/α-hetero) is 1. The fourth-order valence-corrected chi connectivity index (χ4v) is 4.28. The quantitative estimate of drug-likeness (QED) is 0.750. The molecule has 1 aromatic heterocycles. The van der Waals surface area contributed by atoms with Gasteiger partial charge in [0.05, 0.1) is 28.0 Å². The molecule has 0 aliphatic heterocycles. The molecule has 0 saturated heterocycles. The van der Waals surface area contributed by atoms with Crippen LogP contribution in [-0.4, -0.2) is 24.0 Å². The van der Waals surface area contributed by atoms with Crippen molar-refractivity contribution >= 4 is 21.5 Å². The van der Waals surface area contributed by atoms with Gasteiger partial charge >= 0.3 is 0 Å². The molecule has 1 aliphatic carbocycles. The highest BCUT2D eigenvalue weighted by atomic mass is 32.2. The molecule has 0 spiro atoms. The Morgan fingerprint density at radius 3 is 2.41 bits per heavy atom. The van der Waals surface area contributed by atoms with Crippen LogP contribution >= 0.6 is 0 Å². The van der Waals surface area contributed by atoms with Gasteiger partial charge < -0.3 is 0 Å². The number of ketones is 1. The number of hydrogen-bond donors (Lipinski definition) is 1. The van der Waals surface area contributed by atoms with Gasteiger partial charge in [0.15, 0.2) is 5.78 Å². The largest absolute Gasteiger partial charge is 0.294 e. The minimum absolute atomic E-state index is 0.115. The van der Waals surface area contributed by atoms with Crippen molar-refractivity contribution in [3.63, 3.8) is 0 Å². The van der Waals surface area contributed by atoms with Crippen molar-refractivity contribution in [1.29, 1.82) is 0 Å². The Labute approximate surface area is 157 Å². The van der Waals surface area contributed by atoms with Gasteiger partial charge in [-0.1, -0.05) is 17.7 Å². The van der Waals surface area contributed by atoms with E-state index < -0.39 is 10.0 Å². The summed E-state index contributed by atoms with van der Waals surface area (Å²) in [4.78, 5) is 12.1. The number of aryl methyl sites for hydroxylation is 1.